The van der Waals surface area contributed by atoms with Gasteiger partial charge in [0.1, 0.15) is 24.9 Å². The van der Waals surface area contributed by atoms with E-state index in [-0.39, 0.29) is 5.57 Å². The third-order valence-corrected chi connectivity index (χ3v) is 2.47. The number of hydrogen-bond acceptors (Lipinski definition) is 4. The van der Waals surface area contributed by atoms with Crippen LogP contribution in [0.5, 0.6) is 11.5 Å². The predicted octanol–water partition coefficient (Wildman–Crippen LogP) is 1.11. The molecule has 0 unspecified atom stereocenters. The Morgan fingerprint density at radius 3 is 2.78 bits per heavy atom. The summed E-state index contributed by atoms with van der Waals surface area (Å²) in [5, 5.41) is 11.3. The molecule has 1 N–H and O–H groups in total. The van der Waals surface area contributed by atoms with E-state index >= 15 is 0 Å². The first kappa shape index (κ1) is 12.0. The average molecular weight is 244 g/mol. The highest BCUT2D eigenvalue weighted by molar-refractivity contribution is 6.01. The Hall–Kier alpha value is -2.48. The number of fused-ring (bicyclic) bond motifs is 1. The van der Waals surface area contributed by atoms with E-state index in [2.05, 4.69) is 5.32 Å². The third kappa shape index (κ3) is 2.43. The van der Waals surface area contributed by atoms with Gasteiger partial charge < -0.3 is 14.8 Å². The van der Waals surface area contributed by atoms with Gasteiger partial charge in [-0.25, -0.2) is 0 Å². The minimum absolute atomic E-state index is 0.0502. The Bertz CT molecular complexity index is 544. The van der Waals surface area contributed by atoms with Gasteiger partial charge in [-0.3, -0.25) is 4.79 Å². The highest BCUT2D eigenvalue weighted by atomic mass is 16.6. The number of likely N-dealkylation sites (N-methyl/N-ethyl adjacent to an activating group) is 1. The molecule has 1 aromatic carbocycles. The number of benzene rings is 1. The van der Waals surface area contributed by atoms with Crippen LogP contribution in [0.15, 0.2) is 23.8 Å². The van der Waals surface area contributed by atoms with E-state index in [0.29, 0.717) is 24.7 Å². The molecule has 1 aliphatic rings. The Labute approximate surface area is 105 Å². The molecular weight excluding hydrogens is 232 g/mol. The summed E-state index contributed by atoms with van der Waals surface area (Å²) in [6.07, 6.45) is 1.51. The molecular formula is C13H12N2O3. The lowest BCUT2D eigenvalue weighted by molar-refractivity contribution is -0.116. The molecule has 0 spiro atoms. The van der Waals surface area contributed by atoms with Crippen molar-refractivity contribution in [3.8, 4) is 17.6 Å². The molecule has 1 aliphatic heterocycles. The van der Waals surface area contributed by atoms with Crippen LogP contribution in [0.25, 0.3) is 6.08 Å². The van der Waals surface area contributed by atoms with Crippen LogP contribution in [0.2, 0.25) is 0 Å². The first-order valence-corrected chi connectivity index (χ1v) is 5.48. The van der Waals surface area contributed by atoms with Gasteiger partial charge >= 0.3 is 0 Å². The molecule has 5 nitrogen and oxygen atoms in total. The highest BCUT2D eigenvalue weighted by Crippen LogP contribution is 2.31. The standard InChI is InChI=1S/C13H12N2O3/c1-15-13(16)10(8-14)6-9-2-3-11-12(7-9)18-5-4-17-11/h2-3,6-7H,4-5H2,1H3,(H,15,16). The van der Waals surface area contributed by atoms with Crippen LogP contribution < -0.4 is 14.8 Å². The number of nitrogens with one attached hydrogen (secondary N) is 1. The summed E-state index contributed by atoms with van der Waals surface area (Å²) in [7, 11) is 1.48. The maximum absolute atomic E-state index is 11.4. The van der Waals surface area contributed by atoms with Crippen molar-refractivity contribution >= 4 is 12.0 Å². The van der Waals surface area contributed by atoms with E-state index in [9.17, 15) is 4.79 Å². The van der Waals surface area contributed by atoms with Crippen molar-refractivity contribution < 1.29 is 14.3 Å². The van der Waals surface area contributed by atoms with E-state index < -0.39 is 5.91 Å². The Morgan fingerprint density at radius 2 is 2.11 bits per heavy atom. The smallest absolute Gasteiger partial charge is 0.261 e. The van der Waals surface area contributed by atoms with Crippen molar-refractivity contribution in [1.29, 1.82) is 5.26 Å². The largest absolute Gasteiger partial charge is 0.486 e. The summed E-state index contributed by atoms with van der Waals surface area (Å²) in [6.45, 7) is 1.03. The summed E-state index contributed by atoms with van der Waals surface area (Å²) in [5.74, 6) is 0.897. The SMILES string of the molecule is CNC(=O)C(C#N)=Cc1ccc2c(c1)OCCO2. The second kappa shape index (κ2) is 5.23. The van der Waals surface area contributed by atoms with Gasteiger partial charge in [-0.05, 0) is 23.8 Å². The quantitative estimate of drug-likeness (QED) is 0.625. The van der Waals surface area contributed by atoms with Crippen LogP contribution in [0.1, 0.15) is 5.56 Å². The zero-order valence-corrected chi connectivity index (χ0v) is 9.90. The van der Waals surface area contributed by atoms with E-state index in [1.165, 1.54) is 13.1 Å². The van der Waals surface area contributed by atoms with E-state index in [1.807, 2.05) is 6.07 Å². The third-order valence-electron chi connectivity index (χ3n) is 2.47. The van der Waals surface area contributed by atoms with Crippen LogP contribution in [0.4, 0.5) is 0 Å². The molecule has 5 heteroatoms. The van der Waals surface area contributed by atoms with Gasteiger partial charge in [0.15, 0.2) is 11.5 Å². The van der Waals surface area contributed by atoms with E-state index in [4.69, 9.17) is 14.7 Å². The number of carbonyl (C=O) groups is 1. The molecule has 0 aromatic heterocycles. The van der Waals surface area contributed by atoms with Crippen molar-refractivity contribution in [1.82, 2.24) is 5.32 Å². The second-order valence-electron chi connectivity index (χ2n) is 3.65. The molecule has 0 fully saturated rings. The summed E-state index contributed by atoms with van der Waals surface area (Å²) in [5.41, 5.74) is 0.772. The van der Waals surface area contributed by atoms with Crippen molar-refractivity contribution in [2.24, 2.45) is 0 Å². The predicted molar refractivity (Wildman–Crippen MR) is 65.1 cm³/mol. The first-order chi connectivity index (χ1) is 8.74. The normalized spacial score (nSPS) is 13.7. The number of nitriles is 1. The molecule has 0 atom stereocenters. The Balaban J connectivity index is 2.32. The monoisotopic (exact) mass is 244 g/mol. The summed E-state index contributed by atoms with van der Waals surface area (Å²) < 4.78 is 10.8. The van der Waals surface area contributed by atoms with Crippen molar-refractivity contribution in [3.05, 3.63) is 29.3 Å². The van der Waals surface area contributed by atoms with Crippen LogP contribution in [-0.2, 0) is 4.79 Å². The van der Waals surface area contributed by atoms with Gasteiger partial charge in [0, 0.05) is 7.05 Å². The maximum atomic E-state index is 11.4. The summed E-state index contributed by atoms with van der Waals surface area (Å²) >= 11 is 0. The molecule has 1 aromatic rings. The number of amides is 1. The first-order valence-electron chi connectivity index (χ1n) is 5.48. The van der Waals surface area contributed by atoms with Gasteiger partial charge in [-0.1, -0.05) is 6.07 Å². The van der Waals surface area contributed by atoms with Gasteiger partial charge in [0.25, 0.3) is 5.91 Å². The molecule has 2 rings (SSSR count). The van der Waals surface area contributed by atoms with Gasteiger partial charge in [-0.2, -0.15) is 5.26 Å². The maximum Gasteiger partial charge on any atom is 0.261 e. The topological polar surface area (TPSA) is 71.4 Å². The Morgan fingerprint density at radius 1 is 1.39 bits per heavy atom. The fraction of sp³-hybridized carbons (Fsp3) is 0.231. The molecule has 0 saturated heterocycles. The molecule has 1 amide bonds. The minimum atomic E-state index is -0.410. The number of ether oxygens (including phenoxy) is 2. The number of carbonyl (C=O) groups excluding carboxylic acids is 1. The minimum Gasteiger partial charge on any atom is -0.486 e. The summed E-state index contributed by atoms with van der Waals surface area (Å²) in [6, 6.07) is 7.14. The fourth-order valence-electron chi connectivity index (χ4n) is 1.60. The molecule has 1 heterocycles. The molecule has 0 bridgehead atoms. The van der Waals surface area contributed by atoms with Crippen LogP contribution in [0, 0.1) is 11.3 Å². The molecule has 0 saturated carbocycles. The van der Waals surface area contributed by atoms with E-state index in [0.717, 1.165) is 5.56 Å². The average Bonchev–Trinajstić information content (AvgIpc) is 2.43. The zero-order valence-electron chi connectivity index (χ0n) is 9.90. The second-order valence-corrected chi connectivity index (χ2v) is 3.65. The number of hydrogen-bond donors (Lipinski definition) is 1. The van der Waals surface area contributed by atoms with Crippen molar-refractivity contribution in [2.45, 2.75) is 0 Å². The lowest BCUT2D eigenvalue weighted by Crippen LogP contribution is -2.19. The van der Waals surface area contributed by atoms with Crippen molar-refractivity contribution in [2.75, 3.05) is 20.3 Å². The van der Waals surface area contributed by atoms with E-state index in [1.54, 1.807) is 18.2 Å². The fourth-order valence-corrected chi connectivity index (χ4v) is 1.60. The van der Waals surface area contributed by atoms with Gasteiger partial charge in [-0.15, -0.1) is 0 Å². The van der Waals surface area contributed by atoms with Crippen LogP contribution in [0.3, 0.4) is 0 Å². The van der Waals surface area contributed by atoms with Crippen LogP contribution in [-0.4, -0.2) is 26.2 Å². The lowest BCUT2D eigenvalue weighted by atomic mass is 10.1. The lowest BCUT2D eigenvalue weighted by Gasteiger charge is -2.18. The van der Waals surface area contributed by atoms with Gasteiger partial charge in [0.05, 0.1) is 0 Å². The molecule has 0 aliphatic carbocycles. The number of rotatable bonds is 2. The number of nitrogens with zero attached hydrogens (tertiary/aromatic N) is 1. The molecule has 0 radical (unpaired) electrons. The van der Waals surface area contributed by atoms with Crippen LogP contribution >= 0.6 is 0 Å². The van der Waals surface area contributed by atoms with Crippen molar-refractivity contribution in [3.63, 3.8) is 0 Å². The molecule has 18 heavy (non-hydrogen) atoms. The highest BCUT2D eigenvalue weighted by Gasteiger charge is 2.12. The molecule has 92 valence electrons. The zero-order chi connectivity index (χ0) is 13.0. The summed E-state index contributed by atoms with van der Waals surface area (Å²) in [4.78, 5) is 11.4. The van der Waals surface area contributed by atoms with Gasteiger partial charge in [0.2, 0.25) is 0 Å². The Kier molecular flexibility index (Phi) is 3.49.